The minimum atomic E-state index is -0.525. The van der Waals surface area contributed by atoms with Crippen LogP contribution in [0.25, 0.3) is 0 Å². The molecule has 1 aliphatic heterocycles. The van der Waals surface area contributed by atoms with Crippen LogP contribution in [0.5, 0.6) is 0 Å². The highest BCUT2D eigenvalue weighted by Gasteiger charge is 2.42. The number of carbonyl (C=O) groups is 2. The summed E-state index contributed by atoms with van der Waals surface area (Å²) in [6, 6.07) is 20.4. The summed E-state index contributed by atoms with van der Waals surface area (Å²) < 4.78 is 5.22. The van der Waals surface area contributed by atoms with Gasteiger partial charge in [-0.1, -0.05) is 48.5 Å². The largest absolute Gasteiger partial charge is 0.472 e. The molecule has 2 atom stereocenters. The summed E-state index contributed by atoms with van der Waals surface area (Å²) in [5, 5.41) is 2.76. The van der Waals surface area contributed by atoms with E-state index in [-0.39, 0.29) is 17.2 Å². The highest BCUT2D eigenvalue weighted by atomic mass is 32.2. The predicted molar refractivity (Wildman–Crippen MR) is 113 cm³/mol. The second-order valence-electron chi connectivity index (χ2n) is 6.86. The van der Waals surface area contributed by atoms with Gasteiger partial charge in [0, 0.05) is 23.4 Å². The summed E-state index contributed by atoms with van der Waals surface area (Å²) in [6.07, 6.45) is 3.98. The smallest absolute Gasteiger partial charge is 0.255 e. The Morgan fingerprint density at radius 2 is 1.76 bits per heavy atom. The van der Waals surface area contributed by atoms with Gasteiger partial charge in [0.1, 0.15) is 11.4 Å². The fraction of sp³-hybridized carbons (Fsp3) is 0.217. The lowest BCUT2D eigenvalue weighted by Gasteiger charge is -2.28. The van der Waals surface area contributed by atoms with E-state index in [9.17, 15) is 9.59 Å². The van der Waals surface area contributed by atoms with Crippen molar-refractivity contribution in [1.29, 1.82) is 0 Å². The van der Waals surface area contributed by atoms with E-state index in [2.05, 4.69) is 5.32 Å². The summed E-state index contributed by atoms with van der Waals surface area (Å²) in [5.74, 6) is 0.278. The highest BCUT2D eigenvalue weighted by molar-refractivity contribution is 7.99. The lowest BCUT2D eigenvalue weighted by Crippen LogP contribution is -2.48. The molecule has 1 fully saturated rings. The minimum absolute atomic E-state index is 0.122. The molecule has 148 valence electrons. The van der Waals surface area contributed by atoms with Gasteiger partial charge in [0.15, 0.2) is 0 Å². The van der Waals surface area contributed by atoms with Gasteiger partial charge in [0.25, 0.3) is 5.91 Å². The first kappa shape index (κ1) is 19.3. The second-order valence-corrected chi connectivity index (χ2v) is 7.98. The zero-order valence-electron chi connectivity index (χ0n) is 15.9. The van der Waals surface area contributed by atoms with Crippen LogP contribution in [0.1, 0.15) is 26.9 Å². The zero-order chi connectivity index (χ0) is 20.1. The number of hydrogen-bond donors (Lipinski definition) is 1. The molecule has 0 radical (unpaired) electrons. The summed E-state index contributed by atoms with van der Waals surface area (Å²) in [6.45, 7) is 0.535. The van der Waals surface area contributed by atoms with E-state index in [0.717, 1.165) is 12.0 Å². The van der Waals surface area contributed by atoms with E-state index in [4.69, 9.17) is 4.42 Å². The standard InChI is InChI=1S/C23H22N2O3S/c26-21(24-13-11-17-7-3-1-4-8-17)20-16-29-23(19-12-14-28-15-19)25(20)22(27)18-9-5-2-6-10-18/h1-10,12,14-15,20,23H,11,13,16H2,(H,24,26). The van der Waals surface area contributed by atoms with Crippen LogP contribution >= 0.6 is 11.8 Å². The van der Waals surface area contributed by atoms with Crippen LogP contribution in [0.3, 0.4) is 0 Å². The molecule has 0 saturated carbocycles. The molecule has 6 heteroatoms. The maximum Gasteiger partial charge on any atom is 0.255 e. The van der Waals surface area contributed by atoms with E-state index < -0.39 is 6.04 Å². The Morgan fingerprint density at radius 3 is 2.45 bits per heavy atom. The molecule has 0 bridgehead atoms. The van der Waals surface area contributed by atoms with Crippen molar-refractivity contribution in [2.45, 2.75) is 17.8 Å². The molecule has 2 unspecified atom stereocenters. The van der Waals surface area contributed by atoms with Crippen molar-refractivity contribution in [1.82, 2.24) is 10.2 Å². The molecule has 5 nitrogen and oxygen atoms in total. The van der Waals surface area contributed by atoms with Crippen molar-refractivity contribution < 1.29 is 14.0 Å². The third-order valence-corrected chi connectivity index (χ3v) is 6.27. The Balaban J connectivity index is 1.49. The molecule has 1 saturated heterocycles. The van der Waals surface area contributed by atoms with Crippen LogP contribution in [0.15, 0.2) is 83.7 Å². The van der Waals surface area contributed by atoms with E-state index >= 15 is 0 Å². The van der Waals surface area contributed by atoms with Gasteiger partial charge in [-0.05, 0) is 30.2 Å². The number of nitrogens with zero attached hydrogens (tertiary/aromatic N) is 1. The molecular formula is C23H22N2O3S. The van der Waals surface area contributed by atoms with E-state index in [1.165, 1.54) is 5.56 Å². The molecule has 2 heterocycles. The first-order valence-electron chi connectivity index (χ1n) is 9.57. The van der Waals surface area contributed by atoms with Gasteiger partial charge in [-0.3, -0.25) is 9.59 Å². The van der Waals surface area contributed by atoms with Gasteiger partial charge >= 0.3 is 0 Å². The predicted octanol–water partition coefficient (Wildman–Crippen LogP) is 3.89. The molecule has 0 spiro atoms. The molecule has 1 aliphatic rings. The van der Waals surface area contributed by atoms with Crippen LogP contribution in [0, 0.1) is 0 Å². The SMILES string of the molecule is O=C(NCCc1ccccc1)C1CSC(c2ccoc2)N1C(=O)c1ccccc1. The molecule has 4 rings (SSSR count). The first-order chi connectivity index (χ1) is 14.2. The Hall–Kier alpha value is -2.99. The van der Waals surface area contributed by atoms with Gasteiger partial charge in [-0.15, -0.1) is 11.8 Å². The number of carbonyl (C=O) groups excluding carboxylic acids is 2. The van der Waals surface area contributed by atoms with Crippen LogP contribution in [0.4, 0.5) is 0 Å². The van der Waals surface area contributed by atoms with Crippen molar-refractivity contribution in [3.05, 3.63) is 95.9 Å². The summed E-state index contributed by atoms with van der Waals surface area (Å²) in [4.78, 5) is 27.9. The lowest BCUT2D eigenvalue weighted by molar-refractivity contribution is -0.124. The van der Waals surface area contributed by atoms with Gasteiger partial charge in [0.05, 0.1) is 12.5 Å². The van der Waals surface area contributed by atoms with Gasteiger partial charge < -0.3 is 14.6 Å². The van der Waals surface area contributed by atoms with Crippen molar-refractivity contribution in [2.75, 3.05) is 12.3 Å². The summed E-state index contributed by atoms with van der Waals surface area (Å²) >= 11 is 1.58. The van der Waals surface area contributed by atoms with Crippen molar-refractivity contribution in [3.8, 4) is 0 Å². The third kappa shape index (κ3) is 4.38. The summed E-state index contributed by atoms with van der Waals surface area (Å²) in [5.41, 5.74) is 2.63. The molecule has 3 aromatic rings. The zero-order valence-corrected chi connectivity index (χ0v) is 16.7. The average Bonchev–Trinajstić information content (AvgIpc) is 3.44. The van der Waals surface area contributed by atoms with Crippen molar-refractivity contribution in [3.63, 3.8) is 0 Å². The average molecular weight is 407 g/mol. The second kappa shape index (κ2) is 9.01. The normalized spacial score (nSPS) is 18.6. The number of benzene rings is 2. The quantitative estimate of drug-likeness (QED) is 0.675. The maximum atomic E-state index is 13.3. The molecule has 0 aliphatic carbocycles. The Bertz CT molecular complexity index is 945. The van der Waals surface area contributed by atoms with E-state index in [0.29, 0.717) is 17.9 Å². The summed E-state index contributed by atoms with van der Waals surface area (Å²) in [7, 11) is 0. The van der Waals surface area contributed by atoms with Crippen LogP contribution in [-0.4, -0.2) is 35.1 Å². The number of thioether (sulfide) groups is 1. The molecule has 2 amide bonds. The lowest BCUT2D eigenvalue weighted by atomic mass is 10.1. The third-order valence-electron chi connectivity index (χ3n) is 4.94. The Labute approximate surface area is 174 Å². The molecule has 29 heavy (non-hydrogen) atoms. The molecule has 2 aromatic carbocycles. The highest BCUT2D eigenvalue weighted by Crippen LogP contribution is 2.42. The fourth-order valence-corrected chi connectivity index (χ4v) is 4.86. The van der Waals surface area contributed by atoms with Crippen LogP contribution in [-0.2, 0) is 11.2 Å². The molecular weight excluding hydrogens is 384 g/mol. The number of rotatable bonds is 6. The van der Waals surface area contributed by atoms with E-state index in [1.54, 1.807) is 41.3 Å². The van der Waals surface area contributed by atoms with Crippen LogP contribution < -0.4 is 5.32 Å². The van der Waals surface area contributed by atoms with Crippen LogP contribution in [0.2, 0.25) is 0 Å². The Kier molecular flexibility index (Phi) is 6.00. The number of amides is 2. The van der Waals surface area contributed by atoms with Gasteiger partial charge in [0.2, 0.25) is 5.91 Å². The topological polar surface area (TPSA) is 62.6 Å². The fourth-order valence-electron chi connectivity index (χ4n) is 3.45. The van der Waals surface area contributed by atoms with Gasteiger partial charge in [-0.2, -0.15) is 0 Å². The number of nitrogens with one attached hydrogen (secondary N) is 1. The number of furan rings is 1. The molecule has 1 N–H and O–H groups in total. The van der Waals surface area contributed by atoms with Crippen molar-refractivity contribution >= 4 is 23.6 Å². The van der Waals surface area contributed by atoms with Gasteiger partial charge in [-0.25, -0.2) is 0 Å². The van der Waals surface area contributed by atoms with E-state index in [1.807, 2.05) is 54.6 Å². The van der Waals surface area contributed by atoms with Crippen molar-refractivity contribution in [2.24, 2.45) is 0 Å². The monoisotopic (exact) mass is 406 g/mol. The molecule has 1 aromatic heterocycles. The first-order valence-corrected chi connectivity index (χ1v) is 10.6. The number of hydrogen-bond acceptors (Lipinski definition) is 4. The minimum Gasteiger partial charge on any atom is -0.472 e. The maximum absolute atomic E-state index is 13.3. The Morgan fingerprint density at radius 1 is 1.03 bits per heavy atom.